The summed E-state index contributed by atoms with van der Waals surface area (Å²) in [6, 6.07) is 6.13. The van der Waals surface area contributed by atoms with Gasteiger partial charge in [-0.3, -0.25) is 14.9 Å². The zero-order valence-electron chi connectivity index (χ0n) is 12.2. The molecule has 1 aliphatic rings. The first kappa shape index (κ1) is 14.4. The summed E-state index contributed by atoms with van der Waals surface area (Å²) in [5.41, 5.74) is 0. The van der Waals surface area contributed by atoms with Gasteiger partial charge in [-0.05, 0) is 44.4 Å². The van der Waals surface area contributed by atoms with E-state index in [9.17, 15) is 14.9 Å². The minimum absolute atomic E-state index is 0.0121. The van der Waals surface area contributed by atoms with Gasteiger partial charge in [-0.25, -0.2) is 0 Å². The van der Waals surface area contributed by atoms with E-state index >= 15 is 0 Å². The highest BCUT2D eigenvalue weighted by Crippen LogP contribution is 2.33. The number of carbonyl (C=O) groups excluding carboxylic acids is 1. The Morgan fingerprint density at radius 2 is 2.09 bits per heavy atom. The normalized spacial score (nSPS) is 18.4. The van der Waals surface area contributed by atoms with Crippen LogP contribution in [-0.2, 0) is 0 Å². The van der Waals surface area contributed by atoms with E-state index in [1.165, 1.54) is 12.1 Å². The number of nitrogens with zero attached hydrogens (tertiary/aromatic N) is 2. The molecule has 22 heavy (non-hydrogen) atoms. The second-order valence-electron chi connectivity index (χ2n) is 5.35. The number of aryl methyl sites for hydroxylation is 1. The third-order valence-electron chi connectivity index (χ3n) is 3.84. The molecule has 0 spiro atoms. The second-order valence-corrected chi connectivity index (χ2v) is 5.35. The van der Waals surface area contributed by atoms with Crippen LogP contribution in [0, 0.1) is 17.0 Å². The van der Waals surface area contributed by atoms with Gasteiger partial charge >= 0.3 is 5.88 Å². The molecule has 0 aliphatic carbocycles. The maximum atomic E-state index is 12.6. The summed E-state index contributed by atoms with van der Waals surface area (Å²) >= 11 is 0. The average molecular weight is 304 g/mol. The van der Waals surface area contributed by atoms with E-state index in [1.807, 2.05) is 19.1 Å². The SMILES string of the molecule is Cc1ccc([C@H]2CCCCN2C(=O)c2ccc([N+](=O)[O-])o2)o1. The van der Waals surface area contributed by atoms with Crippen LogP contribution in [0.2, 0.25) is 0 Å². The Balaban J connectivity index is 1.86. The van der Waals surface area contributed by atoms with Crippen LogP contribution in [0.4, 0.5) is 5.88 Å². The molecule has 2 aromatic heterocycles. The summed E-state index contributed by atoms with van der Waals surface area (Å²) in [6.07, 6.45) is 2.71. The van der Waals surface area contributed by atoms with Crippen molar-refractivity contribution in [2.75, 3.05) is 6.54 Å². The fraction of sp³-hybridized carbons (Fsp3) is 0.400. The molecule has 1 aliphatic heterocycles. The van der Waals surface area contributed by atoms with Gasteiger partial charge in [0.1, 0.15) is 16.4 Å². The summed E-state index contributed by atoms with van der Waals surface area (Å²) in [6.45, 7) is 2.44. The van der Waals surface area contributed by atoms with Crippen molar-refractivity contribution in [3.63, 3.8) is 0 Å². The average Bonchev–Trinajstić information content (AvgIpc) is 3.15. The van der Waals surface area contributed by atoms with E-state index in [0.717, 1.165) is 30.8 Å². The van der Waals surface area contributed by atoms with E-state index in [-0.39, 0.29) is 17.7 Å². The van der Waals surface area contributed by atoms with E-state index < -0.39 is 10.8 Å². The Bertz CT molecular complexity index is 702. The van der Waals surface area contributed by atoms with Crippen LogP contribution in [0.25, 0.3) is 0 Å². The number of hydrogen-bond acceptors (Lipinski definition) is 5. The largest absolute Gasteiger partial charge is 0.464 e. The second kappa shape index (κ2) is 5.67. The molecule has 2 aromatic rings. The van der Waals surface area contributed by atoms with Crippen LogP contribution in [0.1, 0.15) is 47.4 Å². The summed E-state index contributed by atoms with van der Waals surface area (Å²) in [7, 11) is 0. The Hall–Kier alpha value is -2.57. The van der Waals surface area contributed by atoms with Crippen LogP contribution in [-0.4, -0.2) is 22.3 Å². The van der Waals surface area contributed by atoms with Crippen molar-refractivity contribution in [2.24, 2.45) is 0 Å². The molecule has 0 bridgehead atoms. The van der Waals surface area contributed by atoms with Gasteiger partial charge in [0.05, 0.1) is 12.1 Å². The maximum Gasteiger partial charge on any atom is 0.433 e. The Labute approximate surface area is 126 Å². The van der Waals surface area contributed by atoms with Crippen molar-refractivity contribution in [2.45, 2.75) is 32.2 Å². The molecule has 7 heteroatoms. The van der Waals surface area contributed by atoms with E-state index in [4.69, 9.17) is 8.83 Å². The van der Waals surface area contributed by atoms with E-state index in [0.29, 0.717) is 6.54 Å². The highest BCUT2D eigenvalue weighted by molar-refractivity contribution is 5.92. The minimum Gasteiger partial charge on any atom is -0.464 e. The van der Waals surface area contributed by atoms with Crippen LogP contribution >= 0.6 is 0 Å². The molecule has 7 nitrogen and oxygen atoms in total. The summed E-state index contributed by atoms with van der Waals surface area (Å²) in [4.78, 5) is 24.3. The molecular formula is C15H16N2O5. The van der Waals surface area contributed by atoms with Gasteiger partial charge in [-0.2, -0.15) is 0 Å². The van der Waals surface area contributed by atoms with Gasteiger partial charge in [0, 0.05) is 6.54 Å². The molecule has 0 N–H and O–H groups in total. The number of amides is 1. The maximum absolute atomic E-state index is 12.6. The van der Waals surface area contributed by atoms with Gasteiger partial charge in [0.15, 0.2) is 5.76 Å². The van der Waals surface area contributed by atoms with E-state index in [1.54, 1.807) is 4.90 Å². The van der Waals surface area contributed by atoms with Gasteiger partial charge in [0.25, 0.3) is 5.91 Å². The lowest BCUT2D eigenvalue weighted by Gasteiger charge is -2.33. The number of likely N-dealkylation sites (tertiary alicyclic amines) is 1. The smallest absolute Gasteiger partial charge is 0.433 e. The lowest BCUT2D eigenvalue weighted by Crippen LogP contribution is -2.38. The van der Waals surface area contributed by atoms with Crippen LogP contribution in [0.15, 0.2) is 33.1 Å². The Kier molecular flexibility index (Phi) is 3.70. The standard InChI is InChI=1S/C15H16N2O5/c1-10-5-6-12(21-10)11-4-2-3-9-16(11)15(18)13-7-8-14(22-13)17(19)20/h5-8,11H,2-4,9H2,1H3/t11-/m1/s1. The fourth-order valence-electron chi connectivity index (χ4n) is 2.79. The molecule has 3 heterocycles. The number of piperidine rings is 1. The fourth-order valence-corrected chi connectivity index (χ4v) is 2.79. The summed E-state index contributed by atoms with van der Waals surface area (Å²) in [5.74, 6) is 0.757. The molecule has 0 aromatic carbocycles. The third kappa shape index (κ3) is 2.61. The van der Waals surface area contributed by atoms with Crippen molar-refractivity contribution in [3.8, 4) is 0 Å². The molecule has 1 atom stereocenters. The molecule has 1 amide bonds. The number of carbonyl (C=O) groups is 1. The third-order valence-corrected chi connectivity index (χ3v) is 3.84. The monoisotopic (exact) mass is 304 g/mol. The minimum atomic E-state index is -0.652. The van der Waals surface area contributed by atoms with Gasteiger partial charge in [-0.1, -0.05) is 0 Å². The molecule has 0 radical (unpaired) electrons. The van der Waals surface area contributed by atoms with Crippen molar-refractivity contribution in [3.05, 3.63) is 51.7 Å². The highest BCUT2D eigenvalue weighted by atomic mass is 16.6. The summed E-state index contributed by atoms with van der Waals surface area (Å²) in [5, 5.41) is 10.7. The first-order valence-electron chi connectivity index (χ1n) is 7.18. The molecule has 116 valence electrons. The Morgan fingerprint density at radius 3 is 2.73 bits per heavy atom. The van der Waals surface area contributed by atoms with Crippen molar-refractivity contribution >= 4 is 11.8 Å². The van der Waals surface area contributed by atoms with E-state index in [2.05, 4.69) is 0 Å². The number of hydrogen-bond donors (Lipinski definition) is 0. The molecule has 0 saturated carbocycles. The lowest BCUT2D eigenvalue weighted by molar-refractivity contribution is -0.402. The summed E-state index contributed by atoms with van der Waals surface area (Å²) < 4.78 is 10.7. The van der Waals surface area contributed by atoms with Crippen molar-refractivity contribution in [1.29, 1.82) is 0 Å². The van der Waals surface area contributed by atoms with Crippen LogP contribution in [0.3, 0.4) is 0 Å². The predicted octanol–water partition coefficient (Wildman–Crippen LogP) is 3.46. The van der Waals surface area contributed by atoms with Crippen molar-refractivity contribution < 1.29 is 18.6 Å². The Morgan fingerprint density at radius 1 is 1.27 bits per heavy atom. The zero-order valence-corrected chi connectivity index (χ0v) is 12.2. The van der Waals surface area contributed by atoms with Gasteiger partial charge < -0.3 is 13.7 Å². The topological polar surface area (TPSA) is 89.7 Å². The van der Waals surface area contributed by atoms with Gasteiger partial charge in [-0.15, -0.1) is 0 Å². The number of rotatable bonds is 3. The molecule has 0 unspecified atom stereocenters. The lowest BCUT2D eigenvalue weighted by atomic mass is 9.99. The quantitative estimate of drug-likeness (QED) is 0.640. The number of nitro groups is 1. The number of furan rings is 2. The highest BCUT2D eigenvalue weighted by Gasteiger charge is 2.32. The molecule has 1 fully saturated rings. The molecule has 3 rings (SSSR count). The first-order chi connectivity index (χ1) is 10.6. The zero-order chi connectivity index (χ0) is 15.7. The molecule has 1 saturated heterocycles. The first-order valence-corrected chi connectivity index (χ1v) is 7.18. The van der Waals surface area contributed by atoms with Crippen LogP contribution < -0.4 is 0 Å². The van der Waals surface area contributed by atoms with Gasteiger partial charge in [0.2, 0.25) is 0 Å². The van der Waals surface area contributed by atoms with Crippen molar-refractivity contribution in [1.82, 2.24) is 4.90 Å². The van der Waals surface area contributed by atoms with Crippen LogP contribution in [0.5, 0.6) is 0 Å². The molecular weight excluding hydrogens is 288 g/mol. The predicted molar refractivity (Wildman–Crippen MR) is 76.4 cm³/mol.